The van der Waals surface area contributed by atoms with E-state index in [0.29, 0.717) is 44.5 Å². The molecule has 13 aromatic rings. The standard InChI is InChI=1S/C84H48N4O2S5/c1-45-13-21-52(22-14-45)83(53-23-15-46(2)16-24-53)67-38-64-68(37-63(67)62-33-49-34-73(93-72(49)39-69(62)83)70-31-29-56(91-70)35-65-76(50(41-85)42-86)58-9-5-7-11-60(58)79(65)89)84(54-25-17-47(3)18-26-54,55-27-19-48(4)20-28-55)78-81(64)95-75-40-74(94-82(75)78)71-32-30-57(92-71)36-66-77(51(43-87)44-88)59-10-6-8-12-61(59)80(66)90/h5-40H,1-4H3/b65-35-,66-36-. The van der Waals surface area contributed by atoms with Crippen LogP contribution >= 0.6 is 56.7 Å². The topological polar surface area (TPSA) is 129 Å². The molecule has 11 heteroatoms. The lowest BCUT2D eigenvalue weighted by atomic mass is 9.65. The highest BCUT2D eigenvalue weighted by Gasteiger charge is 2.53. The molecule has 0 saturated heterocycles. The summed E-state index contributed by atoms with van der Waals surface area (Å²) in [5, 5.41) is 41.4. The maximum atomic E-state index is 14.0. The summed E-state index contributed by atoms with van der Waals surface area (Å²) in [4.78, 5) is 35.3. The SMILES string of the molecule is Cc1ccc(C2(c3ccc(C)cc3)c3cc4c(cc3-c3cc5cc(-c6ccc(/C=C7\C(=O)c8ccccc8C7=C(C#N)C#N)s6)sc5cc32)C(c2ccc(C)cc2)(c2ccc(C)cc2)c2c-4sc3cc(-c4ccc(/C=C5\C(=O)c6ccccc6C5=C(C#N)C#N)s4)sc23)cc1. The molecule has 6 nitrogen and oxygen atoms in total. The van der Waals surface area contributed by atoms with Gasteiger partial charge >= 0.3 is 0 Å². The zero-order valence-corrected chi connectivity index (χ0v) is 55.5. The lowest BCUT2D eigenvalue weighted by molar-refractivity contribution is 0.103. The van der Waals surface area contributed by atoms with E-state index in [4.69, 9.17) is 0 Å². The molecule has 446 valence electrons. The number of aryl methyl sites for hydroxylation is 4. The van der Waals surface area contributed by atoms with Gasteiger partial charge in [-0.25, -0.2) is 0 Å². The normalized spacial score (nSPS) is 15.1. The molecule has 0 saturated carbocycles. The number of fused-ring (bicyclic) bond motifs is 11. The lowest BCUT2D eigenvalue weighted by Crippen LogP contribution is -2.30. The molecule has 8 aromatic carbocycles. The number of benzene rings is 8. The summed E-state index contributed by atoms with van der Waals surface area (Å²) in [5.74, 6) is -0.396. The van der Waals surface area contributed by atoms with Gasteiger partial charge in [0.25, 0.3) is 0 Å². The van der Waals surface area contributed by atoms with Gasteiger partial charge in [-0.1, -0.05) is 168 Å². The number of carbonyl (C=O) groups is 2. The highest BCUT2D eigenvalue weighted by molar-refractivity contribution is 7.33. The van der Waals surface area contributed by atoms with Crippen LogP contribution in [0, 0.1) is 73.0 Å². The van der Waals surface area contributed by atoms with Gasteiger partial charge < -0.3 is 0 Å². The van der Waals surface area contributed by atoms with Crippen LogP contribution in [0.2, 0.25) is 0 Å². The first-order valence-electron chi connectivity index (χ1n) is 31.0. The van der Waals surface area contributed by atoms with Crippen molar-refractivity contribution in [1.29, 1.82) is 21.0 Å². The average molecular weight is 1310 g/mol. The minimum absolute atomic E-state index is 0.0825. The van der Waals surface area contributed by atoms with E-state index in [1.54, 1.807) is 52.2 Å². The number of hydrogen-bond donors (Lipinski definition) is 0. The highest BCUT2D eigenvalue weighted by atomic mass is 32.1. The second kappa shape index (κ2) is 21.8. The molecule has 0 spiro atoms. The summed E-state index contributed by atoms with van der Waals surface area (Å²) < 4.78 is 3.57. The smallest absolute Gasteiger partial charge is 0.194 e. The third-order valence-corrected chi connectivity index (χ3v) is 25.4. The quantitative estimate of drug-likeness (QED) is 0.110. The van der Waals surface area contributed by atoms with Crippen molar-refractivity contribution >= 4 is 111 Å². The number of nitrogens with zero attached hydrogens (tertiary/aromatic N) is 4. The van der Waals surface area contributed by atoms with Gasteiger partial charge in [-0.15, -0.1) is 56.7 Å². The van der Waals surface area contributed by atoms with Crippen molar-refractivity contribution in [1.82, 2.24) is 0 Å². The second-order valence-electron chi connectivity index (χ2n) is 24.8. The van der Waals surface area contributed by atoms with Crippen molar-refractivity contribution in [2.75, 3.05) is 0 Å². The Morgan fingerprint density at radius 3 is 1.25 bits per heavy atom. The first-order chi connectivity index (χ1) is 46.3. The summed E-state index contributed by atoms with van der Waals surface area (Å²) in [5.41, 5.74) is 19.9. The first-order valence-corrected chi connectivity index (χ1v) is 35.1. The first kappa shape index (κ1) is 57.9. The average Bonchev–Trinajstić information content (AvgIpc) is 1.50. The summed E-state index contributed by atoms with van der Waals surface area (Å²) in [7, 11) is 0. The van der Waals surface area contributed by atoms with Gasteiger partial charge in [-0.05, 0) is 173 Å². The summed E-state index contributed by atoms with van der Waals surface area (Å²) in [6, 6.07) is 82.2. The Morgan fingerprint density at radius 2 is 0.779 bits per heavy atom. The third kappa shape index (κ3) is 8.52. The van der Waals surface area contributed by atoms with Gasteiger partial charge in [-0.3, -0.25) is 9.59 Å². The van der Waals surface area contributed by atoms with E-state index >= 15 is 0 Å². The van der Waals surface area contributed by atoms with Crippen molar-refractivity contribution in [2.24, 2.45) is 0 Å². The van der Waals surface area contributed by atoms with Crippen LogP contribution in [0.5, 0.6) is 0 Å². The highest BCUT2D eigenvalue weighted by Crippen LogP contribution is 2.67. The van der Waals surface area contributed by atoms with Crippen LogP contribution in [0.4, 0.5) is 0 Å². The fraction of sp³-hybridized carbons (Fsp3) is 0.0714. The predicted octanol–water partition coefficient (Wildman–Crippen LogP) is 21.8. The van der Waals surface area contributed by atoms with Gasteiger partial charge in [-0.2, -0.15) is 21.0 Å². The molecule has 0 fully saturated rings. The Balaban J connectivity index is 0.870. The molecule has 5 heterocycles. The van der Waals surface area contributed by atoms with E-state index in [1.807, 2.05) is 77.3 Å². The zero-order chi connectivity index (χ0) is 64.8. The molecule has 0 radical (unpaired) electrons. The summed E-state index contributed by atoms with van der Waals surface area (Å²) >= 11 is 8.62. The van der Waals surface area contributed by atoms with Crippen molar-refractivity contribution in [2.45, 2.75) is 38.5 Å². The van der Waals surface area contributed by atoms with Gasteiger partial charge in [0.1, 0.15) is 35.4 Å². The monoisotopic (exact) mass is 1300 g/mol. The zero-order valence-electron chi connectivity index (χ0n) is 51.4. The molecule has 17 rings (SSSR count). The Morgan fingerprint density at radius 1 is 0.368 bits per heavy atom. The van der Waals surface area contributed by atoms with E-state index in [2.05, 4.69) is 198 Å². The molecular formula is C84H48N4O2S5. The summed E-state index contributed by atoms with van der Waals surface area (Å²) in [6.45, 7) is 8.61. The largest absolute Gasteiger partial charge is 0.289 e. The molecule has 5 aromatic heterocycles. The summed E-state index contributed by atoms with van der Waals surface area (Å²) in [6.07, 6.45) is 3.68. The van der Waals surface area contributed by atoms with Crippen molar-refractivity contribution in [3.63, 3.8) is 0 Å². The molecule has 4 aliphatic rings. The molecule has 0 N–H and O–H groups in total. The van der Waals surface area contributed by atoms with Gasteiger partial charge in [0, 0.05) is 82.5 Å². The number of nitriles is 4. The van der Waals surface area contributed by atoms with Gasteiger partial charge in [0.15, 0.2) is 11.6 Å². The Labute approximate surface area is 568 Å². The van der Waals surface area contributed by atoms with Gasteiger partial charge in [0.05, 0.1) is 15.5 Å². The molecule has 95 heavy (non-hydrogen) atoms. The van der Waals surface area contributed by atoms with Crippen molar-refractivity contribution in [3.8, 4) is 65.4 Å². The van der Waals surface area contributed by atoms with E-state index < -0.39 is 10.8 Å². The van der Waals surface area contributed by atoms with Crippen LogP contribution in [0.25, 0.3) is 83.9 Å². The molecule has 0 bridgehead atoms. The van der Waals surface area contributed by atoms with E-state index in [-0.39, 0.29) is 22.7 Å². The van der Waals surface area contributed by atoms with Crippen LogP contribution in [0.15, 0.2) is 229 Å². The molecule has 0 atom stereocenters. The number of thiophene rings is 5. The number of carbonyl (C=O) groups excluding carboxylic acids is 2. The maximum absolute atomic E-state index is 14.0. The van der Waals surface area contributed by atoms with E-state index in [0.717, 1.165) is 39.3 Å². The van der Waals surface area contributed by atoms with Crippen LogP contribution in [-0.2, 0) is 10.8 Å². The van der Waals surface area contributed by atoms with Crippen molar-refractivity contribution < 1.29 is 9.59 Å². The van der Waals surface area contributed by atoms with Crippen LogP contribution in [-0.4, -0.2) is 11.6 Å². The predicted molar refractivity (Wildman–Crippen MR) is 389 cm³/mol. The van der Waals surface area contributed by atoms with Crippen molar-refractivity contribution in [3.05, 3.63) is 327 Å². The van der Waals surface area contributed by atoms with E-state index in [9.17, 15) is 30.6 Å². The van der Waals surface area contributed by atoms with Gasteiger partial charge in [0.2, 0.25) is 0 Å². The minimum Gasteiger partial charge on any atom is -0.289 e. The van der Waals surface area contributed by atoms with Crippen LogP contribution in [0.1, 0.15) is 108 Å². The van der Waals surface area contributed by atoms with Crippen LogP contribution < -0.4 is 0 Å². The number of allylic oxidation sites excluding steroid dienone is 6. The molecule has 0 unspecified atom stereocenters. The Bertz CT molecular complexity index is 5780. The third-order valence-electron chi connectivity index (χ3n) is 19.4. The Kier molecular flexibility index (Phi) is 13.3. The lowest BCUT2D eigenvalue weighted by Gasteiger charge is -2.35. The minimum atomic E-state index is -0.759. The maximum Gasteiger partial charge on any atom is 0.194 e. The number of Topliss-reactive ketones (excluding diaryl/α,β-unsaturated/α-hetero) is 2. The molecule has 0 aliphatic heterocycles. The molecular weight excluding hydrogens is 1260 g/mol. The fourth-order valence-corrected chi connectivity index (χ4v) is 21.0. The number of rotatable bonds is 8. The fourth-order valence-electron chi connectivity index (χ4n) is 15.1. The Hall–Kier alpha value is -11.0. The van der Waals surface area contributed by atoms with Crippen LogP contribution in [0.3, 0.4) is 0 Å². The van der Waals surface area contributed by atoms with E-state index in [1.165, 1.54) is 97.7 Å². The number of hydrogen-bond acceptors (Lipinski definition) is 11. The molecule has 4 aliphatic carbocycles. The number of ketones is 2. The second-order valence-corrected chi connectivity index (χ2v) is 30.2. The molecule has 0 amide bonds.